The van der Waals surface area contributed by atoms with Gasteiger partial charge in [0.15, 0.2) is 0 Å². The first-order chi connectivity index (χ1) is 14.0. The third kappa shape index (κ3) is 7.52. The molecule has 1 atom stereocenters. The highest BCUT2D eigenvalue weighted by atomic mass is 35.5. The molecule has 0 fully saturated rings. The number of halogens is 3. The SMILES string of the molecule is Cc1ccc(COc2c(Cl)cc(Cl)cc2CNC(C)CCc2ccccc2)cc1.Cl. The summed E-state index contributed by atoms with van der Waals surface area (Å²) in [6.07, 6.45) is 2.10. The second kappa shape index (κ2) is 12.2. The number of rotatable bonds is 9. The van der Waals surface area contributed by atoms with Crippen LogP contribution in [0, 0.1) is 6.92 Å². The number of hydrogen-bond donors (Lipinski definition) is 1. The Kier molecular flexibility index (Phi) is 10.0. The van der Waals surface area contributed by atoms with Gasteiger partial charge in [-0.2, -0.15) is 0 Å². The summed E-state index contributed by atoms with van der Waals surface area (Å²) in [4.78, 5) is 0. The number of aryl methyl sites for hydroxylation is 2. The van der Waals surface area contributed by atoms with Crippen LogP contribution in [0.5, 0.6) is 5.75 Å². The van der Waals surface area contributed by atoms with Crippen LogP contribution in [-0.4, -0.2) is 6.04 Å². The van der Waals surface area contributed by atoms with Crippen LogP contribution >= 0.6 is 35.6 Å². The first-order valence-electron chi connectivity index (χ1n) is 9.95. The molecule has 0 aliphatic carbocycles. The quantitative estimate of drug-likeness (QED) is 0.356. The Morgan fingerprint density at radius 3 is 2.33 bits per heavy atom. The molecule has 0 radical (unpaired) electrons. The number of benzene rings is 3. The van der Waals surface area contributed by atoms with Crippen molar-refractivity contribution in [3.8, 4) is 5.75 Å². The summed E-state index contributed by atoms with van der Waals surface area (Å²) < 4.78 is 6.08. The molecule has 0 saturated heterocycles. The van der Waals surface area contributed by atoms with Gasteiger partial charge in [-0.3, -0.25) is 0 Å². The van der Waals surface area contributed by atoms with Crippen molar-refractivity contribution in [3.05, 3.63) is 99.0 Å². The van der Waals surface area contributed by atoms with Gasteiger partial charge < -0.3 is 10.1 Å². The van der Waals surface area contributed by atoms with Gasteiger partial charge in [0.1, 0.15) is 12.4 Å². The predicted octanol–water partition coefficient (Wildman–Crippen LogP) is 7.41. The van der Waals surface area contributed by atoms with Gasteiger partial charge in [0, 0.05) is 23.2 Å². The predicted molar refractivity (Wildman–Crippen MR) is 130 cm³/mol. The molecule has 0 bridgehead atoms. The smallest absolute Gasteiger partial charge is 0.142 e. The molecule has 0 heterocycles. The van der Waals surface area contributed by atoms with Crippen molar-refractivity contribution in [2.75, 3.05) is 0 Å². The fourth-order valence-corrected chi connectivity index (χ4v) is 3.75. The van der Waals surface area contributed by atoms with Crippen molar-refractivity contribution in [3.63, 3.8) is 0 Å². The van der Waals surface area contributed by atoms with E-state index < -0.39 is 0 Å². The van der Waals surface area contributed by atoms with Gasteiger partial charge in [-0.25, -0.2) is 0 Å². The molecule has 160 valence electrons. The molecule has 3 rings (SSSR count). The fraction of sp³-hybridized carbons (Fsp3) is 0.280. The zero-order valence-electron chi connectivity index (χ0n) is 17.3. The Morgan fingerprint density at radius 1 is 0.933 bits per heavy atom. The minimum Gasteiger partial charge on any atom is -0.487 e. The van der Waals surface area contributed by atoms with E-state index in [2.05, 4.69) is 67.7 Å². The standard InChI is InChI=1S/C25H27Cl2NO.ClH/c1-18-8-11-21(12-9-18)17-29-25-22(14-23(26)15-24(25)27)16-28-19(2)10-13-20-6-4-3-5-7-20;/h3-9,11-12,14-15,19,28H,10,13,16-17H2,1-2H3;1H. The van der Waals surface area contributed by atoms with Crippen LogP contribution in [0.2, 0.25) is 10.0 Å². The van der Waals surface area contributed by atoms with Crippen molar-refractivity contribution >= 4 is 35.6 Å². The molecule has 5 heteroatoms. The molecular formula is C25H28Cl3NO. The maximum Gasteiger partial charge on any atom is 0.142 e. The van der Waals surface area contributed by atoms with Crippen LogP contribution in [0.3, 0.4) is 0 Å². The topological polar surface area (TPSA) is 21.3 Å². The van der Waals surface area contributed by atoms with E-state index in [1.807, 2.05) is 12.1 Å². The molecule has 0 amide bonds. The second-order valence-electron chi connectivity index (χ2n) is 7.46. The molecule has 2 nitrogen and oxygen atoms in total. The summed E-state index contributed by atoms with van der Waals surface area (Å²) in [6, 6.07) is 22.9. The first-order valence-corrected chi connectivity index (χ1v) is 10.7. The third-order valence-electron chi connectivity index (χ3n) is 4.94. The molecule has 3 aromatic rings. The molecule has 0 saturated carbocycles. The molecule has 1 N–H and O–H groups in total. The van der Waals surface area contributed by atoms with Crippen molar-refractivity contribution in [1.29, 1.82) is 0 Å². The monoisotopic (exact) mass is 463 g/mol. The van der Waals surface area contributed by atoms with Gasteiger partial charge in [0.05, 0.1) is 5.02 Å². The minimum absolute atomic E-state index is 0. The van der Waals surface area contributed by atoms with Gasteiger partial charge in [0.25, 0.3) is 0 Å². The summed E-state index contributed by atoms with van der Waals surface area (Å²) >= 11 is 12.7. The molecule has 3 aromatic carbocycles. The normalized spacial score (nSPS) is 11.6. The Labute approximate surface area is 196 Å². The van der Waals surface area contributed by atoms with Crippen LogP contribution in [-0.2, 0) is 19.6 Å². The Morgan fingerprint density at radius 2 is 1.63 bits per heavy atom. The van der Waals surface area contributed by atoms with Crippen molar-refractivity contribution < 1.29 is 4.74 Å². The highest BCUT2D eigenvalue weighted by Crippen LogP contribution is 2.33. The second-order valence-corrected chi connectivity index (χ2v) is 8.30. The Hall–Kier alpha value is -1.71. The van der Waals surface area contributed by atoms with E-state index in [4.69, 9.17) is 27.9 Å². The van der Waals surface area contributed by atoms with Gasteiger partial charge in [-0.15, -0.1) is 12.4 Å². The molecule has 0 aliphatic rings. The van der Waals surface area contributed by atoms with Crippen LogP contribution in [0.25, 0.3) is 0 Å². The van der Waals surface area contributed by atoms with E-state index in [9.17, 15) is 0 Å². The van der Waals surface area contributed by atoms with Crippen molar-refractivity contribution in [1.82, 2.24) is 5.32 Å². The lowest BCUT2D eigenvalue weighted by molar-refractivity contribution is 0.301. The molecular weight excluding hydrogens is 437 g/mol. The summed E-state index contributed by atoms with van der Waals surface area (Å²) in [6.45, 7) is 5.39. The lowest BCUT2D eigenvalue weighted by Gasteiger charge is -2.18. The molecule has 30 heavy (non-hydrogen) atoms. The third-order valence-corrected chi connectivity index (χ3v) is 5.44. The van der Waals surface area contributed by atoms with Crippen molar-refractivity contribution in [2.24, 2.45) is 0 Å². The average Bonchev–Trinajstić information content (AvgIpc) is 2.72. The van der Waals surface area contributed by atoms with E-state index in [1.54, 1.807) is 6.07 Å². The number of nitrogens with one attached hydrogen (secondary N) is 1. The van der Waals surface area contributed by atoms with Crippen LogP contribution in [0.1, 0.15) is 35.6 Å². The van der Waals surface area contributed by atoms with E-state index in [1.165, 1.54) is 11.1 Å². The Balaban J connectivity index is 0.00000320. The summed E-state index contributed by atoms with van der Waals surface area (Å²) in [5.41, 5.74) is 4.67. The van der Waals surface area contributed by atoms with Crippen LogP contribution < -0.4 is 10.1 Å². The van der Waals surface area contributed by atoms with Gasteiger partial charge in [0.2, 0.25) is 0 Å². The summed E-state index contributed by atoms with van der Waals surface area (Å²) in [7, 11) is 0. The lowest BCUT2D eigenvalue weighted by Crippen LogP contribution is -2.26. The molecule has 0 aromatic heterocycles. The highest BCUT2D eigenvalue weighted by Gasteiger charge is 2.13. The average molecular weight is 465 g/mol. The summed E-state index contributed by atoms with van der Waals surface area (Å²) in [5, 5.41) is 4.73. The van der Waals surface area contributed by atoms with E-state index in [-0.39, 0.29) is 12.4 Å². The van der Waals surface area contributed by atoms with Gasteiger partial charge in [-0.05, 0) is 49.9 Å². The van der Waals surface area contributed by atoms with E-state index >= 15 is 0 Å². The van der Waals surface area contributed by atoms with Gasteiger partial charge >= 0.3 is 0 Å². The molecule has 0 spiro atoms. The fourth-order valence-electron chi connectivity index (χ4n) is 3.16. The number of hydrogen-bond acceptors (Lipinski definition) is 2. The first kappa shape index (κ1) is 24.6. The molecule has 1 unspecified atom stereocenters. The maximum atomic E-state index is 6.45. The van der Waals surface area contributed by atoms with Gasteiger partial charge in [-0.1, -0.05) is 83.4 Å². The van der Waals surface area contributed by atoms with Crippen LogP contribution in [0.4, 0.5) is 0 Å². The zero-order chi connectivity index (χ0) is 20.6. The van der Waals surface area contributed by atoms with Crippen LogP contribution in [0.15, 0.2) is 66.7 Å². The summed E-state index contributed by atoms with van der Waals surface area (Å²) in [5.74, 6) is 0.694. The largest absolute Gasteiger partial charge is 0.487 e. The number of ether oxygens (including phenoxy) is 1. The van der Waals surface area contributed by atoms with E-state index in [0.29, 0.717) is 35.0 Å². The Bertz CT molecular complexity index is 914. The molecule has 0 aliphatic heterocycles. The van der Waals surface area contributed by atoms with E-state index in [0.717, 1.165) is 24.0 Å². The lowest BCUT2D eigenvalue weighted by atomic mass is 10.1. The highest BCUT2D eigenvalue weighted by molar-refractivity contribution is 6.35. The van der Waals surface area contributed by atoms with Crippen molar-refractivity contribution in [2.45, 2.75) is 45.9 Å². The zero-order valence-corrected chi connectivity index (χ0v) is 19.7. The minimum atomic E-state index is 0. The maximum absolute atomic E-state index is 6.45.